The number of hydrogen-bond acceptors (Lipinski definition) is 5. The normalized spacial score (nSPS) is 23.3. The Hall–Kier alpha value is -4.63. The van der Waals surface area contributed by atoms with Gasteiger partial charge in [-0.2, -0.15) is 5.26 Å². The molecule has 6 rings (SSSR count). The van der Waals surface area contributed by atoms with Crippen LogP contribution in [0.4, 0.5) is 5.69 Å². The third-order valence-electron chi connectivity index (χ3n) is 7.73. The van der Waals surface area contributed by atoms with Crippen molar-refractivity contribution in [2.45, 2.75) is 0 Å². The predicted octanol–water partition coefficient (Wildman–Crippen LogP) is 5.00. The van der Waals surface area contributed by atoms with Gasteiger partial charge in [0, 0.05) is 11.8 Å². The fourth-order valence-corrected chi connectivity index (χ4v) is 6.11. The second-order valence-electron chi connectivity index (χ2n) is 9.42. The lowest BCUT2D eigenvalue weighted by Crippen LogP contribution is -2.33. The predicted molar refractivity (Wildman–Crippen MR) is 139 cm³/mol. The van der Waals surface area contributed by atoms with Gasteiger partial charge in [-0.3, -0.25) is 9.59 Å². The number of carbonyl (C=O) groups excluding carboxylic acids is 2. The summed E-state index contributed by atoms with van der Waals surface area (Å²) in [5, 5.41) is 9.58. The molecule has 37 heavy (non-hydrogen) atoms. The Morgan fingerprint density at radius 1 is 0.757 bits per heavy atom. The van der Waals surface area contributed by atoms with Gasteiger partial charge in [0.1, 0.15) is 17.6 Å². The van der Waals surface area contributed by atoms with Crippen LogP contribution in [0.3, 0.4) is 0 Å². The van der Waals surface area contributed by atoms with Crippen molar-refractivity contribution in [2.24, 2.45) is 23.7 Å². The van der Waals surface area contributed by atoms with Gasteiger partial charge in [-0.25, -0.2) is 4.90 Å². The first kappa shape index (κ1) is 22.8. The molecular weight excluding hydrogens is 464 g/mol. The summed E-state index contributed by atoms with van der Waals surface area (Å²) in [5.74, 6) is -0.359. The van der Waals surface area contributed by atoms with Crippen LogP contribution in [-0.4, -0.2) is 26.0 Å². The minimum absolute atomic E-state index is 0.204. The maximum absolute atomic E-state index is 13.8. The second kappa shape index (κ2) is 8.79. The summed E-state index contributed by atoms with van der Waals surface area (Å²) in [6.45, 7) is 0. The summed E-state index contributed by atoms with van der Waals surface area (Å²) >= 11 is 0. The molecule has 6 nitrogen and oxygen atoms in total. The Balaban J connectivity index is 1.48. The molecule has 0 aromatic heterocycles. The maximum atomic E-state index is 13.8. The topological polar surface area (TPSA) is 79.6 Å². The molecule has 2 bridgehead atoms. The van der Waals surface area contributed by atoms with E-state index in [4.69, 9.17) is 9.47 Å². The number of nitriles is 1. The van der Waals surface area contributed by atoms with Crippen LogP contribution in [0.15, 0.2) is 90.5 Å². The van der Waals surface area contributed by atoms with Crippen LogP contribution in [0.25, 0.3) is 5.57 Å². The highest BCUT2D eigenvalue weighted by atomic mass is 16.5. The van der Waals surface area contributed by atoms with Crippen LogP contribution in [0.1, 0.15) is 16.7 Å². The van der Waals surface area contributed by atoms with Crippen molar-refractivity contribution >= 4 is 23.1 Å². The van der Waals surface area contributed by atoms with E-state index in [-0.39, 0.29) is 23.7 Å². The van der Waals surface area contributed by atoms with Gasteiger partial charge in [0.25, 0.3) is 0 Å². The number of imide groups is 1. The monoisotopic (exact) mass is 488 g/mol. The average molecular weight is 489 g/mol. The molecular formula is C31H24N2O4. The highest BCUT2D eigenvalue weighted by Crippen LogP contribution is 2.59. The van der Waals surface area contributed by atoms with Crippen LogP contribution in [0.2, 0.25) is 0 Å². The summed E-state index contributed by atoms with van der Waals surface area (Å²) in [6, 6.07) is 24.6. The minimum atomic E-state index is -0.490. The smallest absolute Gasteiger partial charge is 0.238 e. The van der Waals surface area contributed by atoms with E-state index in [1.54, 1.807) is 38.5 Å². The minimum Gasteiger partial charge on any atom is -0.497 e. The van der Waals surface area contributed by atoms with E-state index >= 15 is 0 Å². The van der Waals surface area contributed by atoms with Crippen LogP contribution < -0.4 is 14.4 Å². The largest absolute Gasteiger partial charge is 0.497 e. The first-order valence-corrected chi connectivity index (χ1v) is 12.2. The third kappa shape index (κ3) is 3.39. The number of rotatable bonds is 5. The van der Waals surface area contributed by atoms with Gasteiger partial charge in [0.05, 0.1) is 37.3 Å². The number of anilines is 1. The zero-order valence-corrected chi connectivity index (χ0v) is 20.4. The third-order valence-corrected chi connectivity index (χ3v) is 7.73. The summed E-state index contributed by atoms with van der Waals surface area (Å²) in [7, 11) is 3.27. The van der Waals surface area contributed by atoms with Crippen molar-refractivity contribution in [1.29, 1.82) is 5.26 Å². The Morgan fingerprint density at radius 2 is 1.24 bits per heavy atom. The van der Waals surface area contributed by atoms with Crippen LogP contribution in [0.5, 0.6) is 11.5 Å². The summed E-state index contributed by atoms with van der Waals surface area (Å²) < 4.78 is 10.7. The summed E-state index contributed by atoms with van der Waals surface area (Å²) in [4.78, 5) is 28.8. The molecule has 182 valence electrons. The molecule has 2 aliphatic carbocycles. The van der Waals surface area contributed by atoms with Crippen LogP contribution in [0, 0.1) is 35.0 Å². The lowest BCUT2D eigenvalue weighted by molar-refractivity contribution is -0.122. The van der Waals surface area contributed by atoms with Gasteiger partial charge < -0.3 is 9.47 Å². The van der Waals surface area contributed by atoms with Crippen molar-refractivity contribution < 1.29 is 19.1 Å². The SMILES string of the molecule is COc1ccc(C(=C2[C@H]3C=C[C@H]2[C@@H]2C(=O)N(c4ccccc4C#N)C(=O)[C@H]23)c2ccc(OC)cc2)cc1. The van der Waals surface area contributed by atoms with Gasteiger partial charge >= 0.3 is 0 Å². The standard InChI is InChI=1S/C31H24N2O4/c1-36-21-11-7-18(8-12-21)26(19-9-13-22(37-2)14-10-19)27-23-15-16-24(27)29-28(23)30(34)33(31(29)35)25-6-4-3-5-20(25)17-32/h3-16,23-24,28-29H,1-2H3/t23-,24-,28+,29+/m1/s1. The fourth-order valence-electron chi connectivity index (χ4n) is 6.11. The molecule has 2 amide bonds. The van der Waals surface area contributed by atoms with Crippen molar-refractivity contribution in [2.75, 3.05) is 19.1 Å². The number of methoxy groups -OCH3 is 2. The number of hydrogen-bond donors (Lipinski definition) is 0. The van der Waals surface area contributed by atoms with E-state index in [2.05, 4.69) is 18.2 Å². The van der Waals surface area contributed by atoms with Gasteiger partial charge in [-0.15, -0.1) is 0 Å². The van der Waals surface area contributed by atoms with E-state index in [1.807, 2.05) is 48.5 Å². The van der Waals surface area contributed by atoms with Crippen molar-refractivity contribution in [3.8, 4) is 17.6 Å². The molecule has 1 saturated carbocycles. The van der Waals surface area contributed by atoms with Crippen molar-refractivity contribution in [1.82, 2.24) is 0 Å². The zero-order valence-electron chi connectivity index (χ0n) is 20.4. The van der Waals surface area contributed by atoms with Crippen molar-refractivity contribution in [3.05, 3.63) is 107 Å². The number of ether oxygens (including phenoxy) is 2. The van der Waals surface area contributed by atoms with E-state index in [1.165, 1.54) is 4.90 Å². The quantitative estimate of drug-likeness (QED) is 0.373. The number of benzene rings is 3. The fraction of sp³-hybridized carbons (Fsp3) is 0.194. The Morgan fingerprint density at radius 3 is 1.70 bits per heavy atom. The number of fused-ring (bicyclic) bond motifs is 5. The van der Waals surface area contributed by atoms with Gasteiger partial charge in [-0.05, 0) is 58.7 Å². The van der Waals surface area contributed by atoms with E-state index in [9.17, 15) is 14.9 Å². The van der Waals surface area contributed by atoms with Gasteiger partial charge in [0.15, 0.2) is 0 Å². The molecule has 3 aliphatic rings. The first-order chi connectivity index (χ1) is 18.1. The molecule has 3 aromatic carbocycles. The highest BCUT2D eigenvalue weighted by Gasteiger charge is 2.62. The first-order valence-electron chi connectivity index (χ1n) is 12.2. The summed E-state index contributed by atoms with van der Waals surface area (Å²) in [5.41, 5.74) is 4.77. The summed E-state index contributed by atoms with van der Waals surface area (Å²) in [6.07, 6.45) is 4.14. The molecule has 1 heterocycles. The average Bonchev–Trinajstić information content (AvgIpc) is 3.58. The highest BCUT2D eigenvalue weighted by molar-refractivity contribution is 6.24. The molecule has 0 spiro atoms. The number of para-hydroxylation sites is 1. The zero-order chi connectivity index (χ0) is 25.7. The molecule has 1 saturated heterocycles. The number of nitrogens with zero attached hydrogens (tertiary/aromatic N) is 2. The van der Waals surface area contributed by atoms with Gasteiger partial charge in [-0.1, -0.05) is 48.6 Å². The molecule has 6 heteroatoms. The van der Waals surface area contributed by atoms with Crippen LogP contribution >= 0.6 is 0 Å². The molecule has 0 radical (unpaired) electrons. The molecule has 0 unspecified atom stereocenters. The van der Waals surface area contributed by atoms with Crippen molar-refractivity contribution in [3.63, 3.8) is 0 Å². The lowest BCUT2D eigenvalue weighted by atomic mass is 9.85. The number of carbonyl (C=O) groups is 2. The van der Waals surface area contributed by atoms with Crippen LogP contribution in [-0.2, 0) is 9.59 Å². The molecule has 4 atom stereocenters. The Kier molecular flexibility index (Phi) is 5.42. The Labute approximate surface area is 215 Å². The maximum Gasteiger partial charge on any atom is 0.238 e. The number of allylic oxidation sites excluding steroid dienone is 3. The second-order valence-corrected chi connectivity index (χ2v) is 9.42. The molecule has 3 aromatic rings. The molecule has 1 aliphatic heterocycles. The molecule has 2 fully saturated rings. The van der Waals surface area contributed by atoms with E-state index < -0.39 is 11.8 Å². The van der Waals surface area contributed by atoms with E-state index in [0.29, 0.717) is 11.3 Å². The number of amides is 2. The van der Waals surface area contributed by atoms with E-state index in [0.717, 1.165) is 33.8 Å². The lowest BCUT2D eigenvalue weighted by Gasteiger charge is -2.22. The molecule has 0 N–H and O–H groups in total. The Bertz CT molecular complexity index is 1430. The van der Waals surface area contributed by atoms with Gasteiger partial charge in [0.2, 0.25) is 11.8 Å².